The first kappa shape index (κ1) is 16.6. The number of rotatable bonds is 5. The zero-order valence-electron chi connectivity index (χ0n) is 14.1. The van der Waals surface area contributed by atoms with E-state index in [1.807, 2.05) is 17.1 Å². The number of anilines is 1. The molecule has 0 amide bonds. The van der Waals surface area contributed by atoms with E-state index in [1.165, 1.54) is 5.56 Å². The van der Waals surface area contributed by atoms with E-state index in [0.29, 0.717) is 37.2 Å². The van der Waals surface area contributed by atoms with Crippen molar-refractivity contribution in [2.24, 2.45) is 0 Å². The zero-order valence-corrected chi connectivity index (χ0v) is 14.1. The number of H-pyrrole nitrogens is 1. The minimum absolute atomic E-state index is 0.214. The molecule has 0 spiro atoms. The molecule has 1 fully saturated rings. The third-order valence-corrected chi connectivity index (χ3v) is 4.06. The smallest absolute Gasteiger partial charge is 0.274 e. The number of nitrogens with zero attached hydrogens (tertiary/aromatic N) is 3. The van der Waals surface area contributed by atoms with Gasteiger partial charge < -0.3 is 4.74 Å². The quantitative estimate of drug-likeness (QED) is 0.866. The monoisotopic (exact) mass is 329 g/mol. The lowest BCUT2D eigenvalue weighted by Gasteiger charge is -2.26. The Morgan fingerprint density at radius 1 is 1.21 bits per heavy atom. The molecule has 0 atom stereocenters. The number of ether oxygens (including phenoxy) is 1. The summed E-state index contributed by atoms with van der Waals surface area (Å²) in [5.74, 6) is 0.855. The van der Waals surface area contributed by atoms with Crippen LogP contribution < -0.4 is 11.0 Å². The topological polar surface area (TPSA) is 83.1 Å². The van der Waals surface area contributed by atoms with Crippen molar-refractivity contribution < 1.29 is 4.74 Å². The molecule has 2 N–H and O–H groups in total. The summed E-state index contributed by atoms with van der Waals surface area (Å²) in [6.45, 7) is 7.13. The van der Waals surface area contributed by atoms with E-state index in [4.69, 9.17) is 4.74 Å². The van der Waals surface area contributed by atoms with Crippen molar-refractivity contribution in [1.82, 2.24) is 20.2 Å². The predicted molar refractivity (Wildman–Crippen MR) is 92.0 cm³/mol. The van der Waals surface area contributed by atoms with E-state index >= 15 is 0 Å². The van der Waals surface area contributed by atoms with Crippen molar-refractivity contribution in [3.63, 3.8) is 0 Å². The molecular formula is C17H23N5O2. The molecule has 2 heterocycles. The van der Waals surface area contributed by atoms with Gasteiger partial charge in [0, 0.05) is 19.5 Å². The van der Waals surface area contributed by atoms with E-state index in [1.54, 1.807) is 0 Å². The number of hydrazine groups is 1. The lowest BCUT2D eigenvalue weighted by molar-refractivity contribution is 0.0492. The lowest BCUT2D eigenvalue weighted by atomic mass is 10.0. The first-order valence-electron chi connectivity index (χ1n) is 8.26. The predicted octanol–water partition coefficient (Wildman–Crippen LogP) is 1.54. The minimum atomic E-state index is -0.214. The molecule has 1 aliphatic rings. The number of nitrogens with one attached hydrogen (secondary N) is 2. The molecule has 0 radical (unpaired) electrons. The van der Waals surface area contributed by atoms with Crippen LogP contribution in [0.3, 0.4) is 0 Å². The van der Waals surface area contributed by atoms with Crippen LogP contribution >= 0.6 is 0 Å². The molecule has 128 valence electrons. The van der Waals surface area contributed by atoms with Crippen LogP contribution in [-0.2, 0) is 11.2 Å². The third kappa shape index (κ3) is 4.18. The van der Waals surface area contributed by atoms with Crippen LogP contribution in [0.15, 0.2) is 29.1 Å². The van der Waals surface area contributed by atoms with Gasteiger partial charge >= 0.3 is 0 Å². The van der Waals surface area contributed by atoms with Gasteiger partial charge in [0.05, 0.1) is 13.2 Å². The molecule has 0 unspecified atom stereocenters. The lowest BCUT2D eigenvalue weighted by Crippen LogP contribution is -2.41. The summed E-state index contributed by atoms with van der Waals surface area (Å²) in [5.41, 5.74) is 5.59. The summed E-state index contributed by atoms with van der Waals surface area (Å²) in [4.78, 5) is 15.0. The molecule has 0 aliphatic carbocycles. The average molecular weight is 329 g/mol. The maximum atomic E-state index is 12.2. The summed E-state index contributed by atoms with van der Waals surface area (Å²) in [5, 5.41) is 10.1. The molecule has 2 aromatic rings. The fourth-order valence-electron chi connectivity index (χ4n) is 2.57. The average Bonchev–Trinajstić information content (AvgIpc) is 2.59. The Kier molecular flexibility index (Phi) is 5.22. The molecule has 7 nitrogen and oxygen atoms in total. The number of aromatic nitrogens is 3. The first-order valence-corrected chi connectivity index (χ1v) is 8.26. The van der Waals surface area contributed by atoms with Crippen molar-refractivity contribution >= 4 is 5.95 Å². The van der Waals surface area contributed by atoms with Crippen LogP contribution in [0.2, 0.25) is 0 Å². The molecule has 24 heavy (non-hydrogen) atoms. The van der Waals surface area contributed by atoms with Crippen molar-refractivity contribution in [3.8, 4) is 0 Å². The molecule has 1 aromatic carbocycles. The second kappa shape index (κ2) is 7.55. The Hall–Kier alpha value is -2.25. The fourth-order valence-corrected chi connectivity index (χ4v) is 2.57. The largest absolute Gasteiger partial charge is 0.379 e. The van der Waals surface area contributed by atoms with Crippen LogP contribution in [0.4, 0.5) is 5.95 Å². The highest BCUT2D eigenvalue weighted by atomic mass is 16.5. The number of morpholine rings is 1. The van der Waals surface area contributed by atoms with Crippen molar-refractivity contribution in [2.45, 2.75) is 26.2 Å². The van der Waals surface area contributed by atoms with Crippen LogP contribution in [0.1, 0.15) is 36.6 Å². The highest BCUT2D eigenvalue weighted by Crippen LogP contribution is 2.15. The highest BCUT2D eigenvalue weighted by molar-refractivity contribution is 5.28. The van der Waals surface area contributed by atoms with Gasteiger partial charge in [-0.3, -0.25) is 15.2 Å². The molecule has 1 saturated heterocycles. The second-order valence-corrected chi connectivity index (χ2v) is 6.23. The number of hydrogen-bond donors (Lipinski definition) is 2. The summed E-state index contributed by atoms with van der Waals surface area (Å²) in [7, 11) is 0. The molecular weight excluding hydrogens is 306 g/mol. The van der Waals surface area contributed by atoms with Gasteiger partial charge in [-0.1, -0.05) is 38.1 Å². The van der Waals surface area contributed by atoms with Gasteiger partial charge in [-0.15, -0.1) is 10.2 Å². The van der Waals surface area contributed by atoms with E-state index in [-0.39, 0.29) is 5.56 Å². The van der Waals surface area contributed by atoms with Crippen LogP contribution in [0.25, 0.3) is 0 Å². The second-order valence-electron chi connectivity index (χ2n) is 6.23. The molecule has 3 rings (SSSR count). The minimum Gasteiger partial charge on any atom is -0.379 e. The van der Waals surface area contributed by atoms with Gasteiger partial charge in [-0.2, -0.15) is 0 Å². The molecule has 0 saturated carbocycles. The summed E-state index contributed by atoms with van der Waals surface area (Å²) >= 11 is 0. The fraction of sp³-hybridized carbons (Fsp3) is 0.471. The van der Waals surface area contributed by atoms with Crippen LogP contribution in [0.5, 0.6) is 0 Å². The van der Waals surface area contributed by atoms with Crippen molar-refractivity contribution in [2.75, 3.05) is 31.7 Å². The normalized spacial score (nSPS) is 15.6. The Balaban J connectivity index is 1.67. The van der Waals surface area contributed by atoms with Gasteiger partial charge in [-0.25, -0.2) is 5.01 Å². The Bertz CT molecular complexity index is 721. The molecule has 1 aromatic heterocycles. The Morgan fingerprint density at radius 2 is 1.92 bits per heavy atom. The van der Waals surface area contributed by atoms with Gasteiger partial charge in [0.25, 0.3) is 5.56 Å². The van der Waals surface area contributed by atoms with E-state index in [9.17, 15) is 4.79 Å². The van der Waals surface area contributed by atoms with Crippen molar-refractivity contribution in [1.29, 1.82) is 0 Å². The zero-order chi connectivity index (χ0) is 16.9. The third-order valence-electron chi connectivity index (χ3n) is 4.06. The Morgan fingerprint density at radius 3 is 2.54 bits per heavy atom. The van der Waals surface area contributed by atoms with Crippen LogP contribution in [-0.4, -0.2) is 46.5 Å². The highest BCUT2D eigenvalue weighted by Gasteiger charge is 2.12. The first-order chi connectivity index (χ1) is 11.6. The maximum Gasteiger partial charge on any atom is 0.274 e. The number of benzene rings is 1. The van der Waals surface area contributed by atoms with Crippen LogP contribution in [0, 0.1) is 0 Å². The van der Waals surface area contributed by atoms with E-state index in [0.717, 1.165) is 18.7 Å². The standard InChI is InChI=1S/C17H23N5O2/c1-12(2)14-5-3-13(4-6-14)11-15-16(23)18-17(20-19-15)21-22-7-9-24-10-8-22/h3-6,12H,7-11H2,1-2H3,(H2,18,20,21,23). The summed E-state index contributed by atoms with van der Waals surface area (Å²) in [6, 6.07) is 8.26. The maximum absolute atomic E-state index is 12.2. The van der Waals surface area contributed by atoms with E-state index < -0.39 is 0 Å². The van der Waals surface area contributed by atoms with Gasteiger partial charge in [0.15, 0.2) is 0 Å². The van der Waals surface area contributed by atoms with Gasteiger partial charge in [-0.05, 0) is 17.0 Å². The number of hydrogen-bond acceptors (Lipinski definition) is 6. The number of aromatic amines is 1. The Labute approximate surface area is 141 Å². The SMILES string of the molecule is CC(C)c1ccc(Cc2nnc(NN3CCOCC3)[nH]c2=O)cc1. The summed E-state index contributed by atoms with van der Waals surface area (Å²) < 4.78 is 5.28. The van der Waals surface area contributed by atoms with Gasteiger partial charge in [0.1, 0.15) is 5.69 Å². The molecule has 1 aliphatic heterocycles. The van der Waals surface area contributed by atoms with Crippen molar-refractivity contribution in [3.05, 3.63) is 51.4 Å². The summed E-state index contributed by atoms with van der Waals surface area (Å²) in [6.07, 6.45) is 0.471. The molecule has 7 heteroatoms. The molecule has 0 bridgehead atoms. The van der Waals surface area contributed by atoms with Gasteiger partial charge in [0.2, 0.25) is 5.95 Å². The van der Waals surface area contributed by atoms with E-state index in [2.05, 4.69) is 46.6 Å².